The summed E-state index contributed by atoms with van der Waals surface area (Å²) >= 11 is 6.59. The minimum absolute atomic E-state index is 0.0225. The Balaban J connectivity index is 1.29. The van der Waals surface area contributed by atoms with Crippen LogP contribution < -0.4 is 47.4 Å². The summed E-state index contributed by atoms with van der Waals surface area (Å²) in [6.07, 6.45) is 1.08. The van der Waals surface area contributed by atoms with Gasteiger partial charge in [-0.15, -0.1) is 0 Å². The molecule has 1 aliphatic rings. The molecule has 0 bridgehead atoms. The first-order valence-electron chi connectivity index (χ1n) is 43.2. The number of nitrogens with zero attached hydrogens (tertiary/aromatic N) is 10. The van der Waals surface area contributed by atoms with Gasteiger partial charge in [0, 0.05) is 119 Å². The SMILES string of the molecule is C=CC(=O)N1CCN(c2nc(NCCC(=O)NCCNC(=O)CCC[C@@H](C)[C@@H](O)CC(=O)N[C@@H](CC)C(=O)N(C)CC(=O)N(C)[C@@H](CC(C)C)C(=O)N[C@H](C(=O)N(C)[C@@H](CC(C)C)C(=O)N[C@@H](C)C(=O)N[C@H](C)C(=O)N(C)[C@@H](CC(C)C)C(=O)N(C)[C@@H](CC(C)C)C(=O)N(C)[C@H](C(=O)NC)C(C)C)C(C)C)nc3c(F)c(-c4c(O)cccc4F)c(Cl)cc23)CC1. The Labute approximate surface area is 740 Å². The third-order valence-electron chi connectivity index (χ3n) is 22.4. The summed E-state index contributed by atoms with van der Waals surface area (Å²) in [4.78, 5) is 213. The van der Waals surface area contributed by atoms with Gasteiger partial charge in [0.15, 0.2) is 5.82 Å². The Kier molecular flexibility index (Phi) is 42.8. The molecule has 1 saturated heterocycles. The third-order valence-corrected chi connectivity index (χ3v) is 22.7. The number of anilines is 2. The Morgan fingerprint density at radius 2 is 1.09 bits per heavy atom. The predicted molar refractivity (Wildman–Crippen MR) is 475 cm³/mol. The van der Waals surface area contributed by atoms with Crippen LogP contribution in [0.5, 0.6) is 5.75 Å². The van der Waals surface area contributed by atoms with Gasteiger partial charge >= 0.3 is 0 Å². The number of rotatable bonds is 48. The lowest BCUT2D eigenvalue weighted by Crippen LogP contribution is -2.61. The standard InChI is InChI=1S/C88H139ClF2N18O16/c1-25-60(98-69(114)46-66(111)54(15)29-27-32-67(112)93-35-36-94-68(113)33-34-95-88-100-76-57(78(101-88)109-39-37-108(38-40-109)70(115)26-2)45-58(89)72(74(76)91)73-59(90)30-28-31-65(73)110)84(122)102(19)47-71(116)103(20)61(41-48(3)4)81(119)99-75(52(11)12)87(125)104(21)62(42-49(5)6)80(118)96-55(16)79(117)97-56(17)83(121)105(22)63(43-50(7)8)85(123)106(23)64(44-51(9)10)86(124)107(24)77(53(13)14)82(120)92-18/h26,28,30-31,45,48-56,60-64,66,75,77,110-111H,2,25,27,29,32-44,46-47H2,1,3-24H3,(H,92,120)(H,93,112)(H,94,113)(H,96,118)(H,97,117)(H,98,114)(H,99,119)(H,95,100,101)/t54-,55+,56-,60+,61+,62+,63+,64+,66+,75+,77+/m1/s1. The van der Waals surface area contributed by atoms with E-state index in [9.17, 15) is 77.3 Å². The zero-order chi connectivity index (χ0) is 94.6. The van der Waals surface area contributed by atoms with E-state index in [-0.39, 0.29) is 146 Å². The van der Waals surface area contributed by atoms with Crippen molar-refractivity contribution < 1.29 is 86.1 Å². The average Bonchev–Trinajstić information content (AvgIpc) is 0.746. The molecule has 10 N–H and O–H groups in total. The number of piperazine rings is 1. The van der Waals surface area contributed by atoms with E-state index in [0.717, 1.165) is 11.0 Å². The molecule has 37 heteroatoms. The van der Waals surface area contributed by atoms with Gasteiger partial charge in [-0.2, -0.15) is 4.98 Å². The van der Waals surface area contributed by atoms with Crippen LogP contribution in [-0.2, 0) is 67.1 Å². The fourth-order valence-electron chi connectivity index (χ4n) is 14.9. The lowest BCUT2D eigenvalue weighted by atomic mass is 9.95. The number of aliphatic hydroxyl groups is 1. The van der Waals surface area contributed by atoms with Crippen molar-refractivity contribution in [1.82, 2.24) is 81.5 Å². The van der Waals surface area contributed by atoms with Gasteiger partial charge in [-0.05, 0) is 124 Å². The molecule has 1 aromatic heterocycles. The smallest absolute Gasteiger partial charge is 0.246 e. The molecule has 34 nitrogen and oxygen atoms in total. The molecule has 2 aromatic carbocycles. The van der Waals surface area contributed by atoms with Crippen molar-refractivity contribution in [1.29, 1.82) is 0 Å². The number of phenols is 1. The van der Waals surface area contributed by atoms with Crippen molar-refractivity contribution in [2.24, 2.45) is 41.4 Å². The van der Waals surface area contributed by atoms with Crippen LogP contribution in [0.3, 0.4) is 0 Å². The molecule has 1 fully saturated rings. The highest BCUT2D eigenvalue weighted by molar-refractivity contribution is 6.34. The molecule has 11 atom stereocenters. The number of hydrogen-bond donors (Lipinski definition) is 10. The van der Waals surface area contributed by atoms with Crippen molar-refractivity contribution in [3.63, 3.8) is 0 Å². The molecule has 1 aliphatic heterocycles. The molecule has 14 amide bonds. The number of amides is 14. The number of carbonyl (C=O) groups excluding carboxylic acids is 14. The predicted octanol–water partition coefficient (Wildman–Crippen LogP) is 5.59. The third kappa shape index (κ3) is 30.7. The summed E-state index contributed by atoms with van der Waals surface area (Å²) in [6, 6.07) is -5.19. The van der Waals surface area contributed by atoms with Crippen LogP contribution in [0.1, 0.15) is 175 Å². The van der Waals surface area contributed by atoms with E-state index in [4.69, 9.17) is 11.6 Å². The van der Waals surface area contributed by atoms with Crippen LogP contribution in [0.25, 0.3) is 22.0 Å². The van der Waals surface area contributed by atoms with Crippen LogP contribution >= 0.6 is 11.6 Å². The van der Waals surface area contributed by atoms with E-state index < -0.39 is 172 Å². The fraction of sp³-hybridized carbons (Fsp3) is 0.659. The van der Waals surface area contributed by atoms with Crippen molar-refractivity contribution in [2.45, 2.75) is 235 Å². The number of aromatic nitrogens is 2. The summed E-state index contributed by atoms with van der Waals surface area (Å²) in [5, 5.41) is 43.5. The molecular weight excluding hydrogens is 1640 g/mol. The number of benzene rings is 2. The Hall–Kier alpha value is -10.4. The quantitative estimate of drug-likeness (QED) is 0.0243. The van der Waals surface area contributed by atoms with Crippen LogP contribution in [0.2, 0.25) is 5.02 Å². The molecule has 0 radical (unpaired) electrons. The highest BCUT2D eigenvalue weighted by atomic mass is 35.5. The molecule has 0 unspecified atom stereocenters. The fourth-order valence-corrected chi connectivity index (χ4v) is 15.2. The van der Waals surface area contributed by atoms with Gasteiger partial charge in [0.1, 0.15) is 77.3 Å². The monoisotopic (exact) mass is 1780 g/mol. The highest BCUT2D eigenvalue weighted by Gasteiger charge is 2.43. The van der Waals surface area contributed by atoms with Gasteiger partial charge in [0.2, 0.25) is 88.6 Å². The summed E-state index contributed by atoms with van der Waals surface area (Å²) in [5.41, 5.74) is -1.12. The normalized spacial score (nSPS) is 14.9. The largest absolute Gasteiger partial charge is 0.507 e. The molecule has 0 spiro atoms. The van der Waals surface area contributed by atoms with E-state index in [1.54, 1.807) is 32.6 Å². The molecule has 125 heavy (non-hydrogen) atoms. The van der Waals surface area contributed by atoms with Crippen molar-refractivity contribution in [3.05, 3.63) is 53.6 Å². The molecule has 3 aromatic rings. The second kappa shape index (κ2) is 50.1. The van der Waals surface area contributed by atoms with Gasteiger partial charge in [-0.3, -0.25) is 67.1 Å². The van der Waals surface area contributed by atoms with Crippen LogP contribution in [0, 0.1) is 53.1 Å². The van der Waals surface area contributed by atoms with E-state index >= 15 is 8.78 Å². The minimum atomic E-state index is -1.26. The second-order valence-corrected chi connectivity index (χ2v) is 35.5. The number of carbonyl (C=O) groups is 14. The van der Waals surface area contributed by atoms with Gasteiger partial charge in [0.25, 0.3) is 0 Å². The average molecular weight is 1780 g/mol. The number of halogens is 3. The number of hydrogen-bond acceptors (Lipinski definition) is 20. The van der Waals surface area contributed by atoms with Crippen molar-refractivity contribution in [2.75, 3.05) is 112 Å². The van der Waals surface area contributed by atoms with Crippen LogP contribution in [0.4, 0.5) is 20.5 Å². The minimum Gasteiger partial charge on any atom is -0.507 e. The van der Waals surface area contributed by atoms with Crippen LogP contribution in [-0.4, -0.2) is 299 Å². The van der Waals surface area contributed by atoms with Gasteiger partial charge in [-0.1, -0.05) is 121 Å². The molecule has 698 valence electrons. The number of fused-ring (bicyclic) bond motifs is 1. The second-order valence-electron chi connectivity index (χ2n) is 35.1. The van der Waals surface area contributed by atoms with Gasteiger partial charge in [0.05, 0.1) is 29.7 Å². The van der Waals surface area contributed by atoms with Gasteiger partial charge < -0.3 is 91.9 Å². The summed E-state index contributed by atoms with van der Waals surface area (Å²) in [7, 11) is 10.1. The van der Waals surface area contributed by atoms with E-state index in [0.29, 0.717) is 39.0 Å². The molecule has 0 saturated carbocycles. The molecule has 4 rings (SSSR count). The summed E-state index contributed by atoms with van der Waals surface area (Å²) in [6.45, 7) is 32.5. The van der Waals surface area contributed by atoms with Gasteiger partial charge in [-0.25, -0.2) is 13.8 Å². The first-order chi connectivity index (χ1) is 58.5. The van der Waals surface area contributed by atoms with Crippen molar-refractivity contribution in [3.8, 4) is 16.9 Å². The number of nitrogens with one attached hydrogen (secondary N) is 8. The van der Waals surface area contributed by atoms with Crippen LogP contribution in [0.15, 0.2) is 36.9 Å². The topological polar surface area (TPSA) is 427 Å². The summed E-state index contributed by atoms with van der Waals surface area (Å²) in [5.74, 6) is -11.8. The first-order valence-corrected chi connectivity index (χ1v) is 43.6. The van der Waals surface area contributed by atoms with E-state index in [1.807, 2.05) is 74.1 Å². The number of likely N-dealkylation sites (N-methyl/N-ethyl adjacent to an activating group) is 7. The van der Waals surface area contributed by atoms with Crippen molar-refractivity contribution >= 4 is 117 Å². The Morgan fingerprint density at radius 3 is 1.61 bits per heavy atom. The molecule has 0 aliphatic carbocycles. The number of phenolic OH excluding ortho intramolecular Hbond substituents is 1. The first kappa shape index (κ1) is 107. The van der Waals surface area contributed by atoms with E-state index in [1.165, 1.54) is 112 Å². The van der Waals surface area contributed by atoms with E-state index in [2.05, 4.69) is 59.1 Å². The Morgan fingerprint density at radius 1 is 0.576 bits per heavy atom. The summed E-state index contributed by atoms with van der Waals surface area (Å²) < 4.78 is 31.7. The molecular formula is C88H139ClF2N18O16. The zero-order valence-electron chi connectivity index (χ0n) is 77.4. The maximum absolute atomic E-state index is 16.6. The molecule has 2 heterocycles. The highest BCUT2D eigenvalue weighted by Crippen LogP contribution is 2.43. The lowest BCUT2D eigenvalue weighted by molar-refractivity contribution is -0.153. The number of aliphatic hydroxyl groups excluding tert-OH is 1. The maximum Gasteiger partial charge on any atom is 0.246 e. The number of aromatic hydroxyl groups is 1. The zero-order valence-corrected chi connectivity index (χ0v) is 78.1. The Bertz CT molecular complexity index is 4240. The lowest BCUT2D eigenvalue weighted by Gasteiger charge is -2.39. The maximum atomic E-state index is 16.6.